The SMILES string of the molecule is Cn1c(=O)[nH]c2cccc(C3CCN(C(=O)OC(C)(C)C)CC3)c21. The second-order valence-electron chi connectivity index (χ2n) is 7.47. The molecule has 1 fully saturated rings. The number of aromatic amines is 1. The van der Waals surface area contributed by atoms with Gasteiger partial charge in [-0.25, -0.2) is 9.59 Å². The number of hydrogen-bond acceptors (Lipinski definition) is 3. The average Bonchev–Trinajstić information content (AvgIpc) is 2.81. The van der Waals surface area contributed by atoms with E-state index in [9.17, 15) is 9.59 Å². The molecule has 1 amide bonds. The van der Waals surface area contributed by atoms with Crippen LogP contribution in [-0.4, -0.2) is 39.2 Å². The van der Waals surface area contributed by atoms with Crippen LogP contribution in [0.1, 0.15) is 45.1 Å². The molecule has 2 heterocycles. The Morgan fingerprint density at radius 2 is 1.92 bits per heavy atom. The zero-order valence-electron chi connectivity index (χ0n) is 14.8. The molecule has 6 nitrogen and oxygen atoms in total. The van der Waals surface area contributed by atoms with Crippen molar-refractivity contribution in [3.8, 4) is 0 Å². The third kappa shape index (κ3) is 3.18. The fraction of sp³-hybridized carbons (Fsp3) is 0.556. The van der Waals surface area contributed by atoms with Gasteiger partial charge < -0.3 is 14.6 Å². The highest BCUT2D eigenvalue weighted by Gasteiger charge is 2.28. The predicted octanol–water partition coefficient (Wildman–Crippen LogP) is 2.98. The van der Waals surface area contributed by atoms with Crippen LogP contribution in [-0.2, 0) is 11.8 Å². The lowest BCUT2D eigenvalue weighted by molar-refractivity contribution is 0.0205. The number of aryl methyl sites for hydroxylation is 1. The number of hydrogen-bond donors (Lipinski definition) is 1. The Kier molecular flexibility index (Phi) is 4.15. The van der Waals surface area contributed by atoms with Crippen molar-refractivity contribution in [1.82, 2.24) is 14.5 Å². The summed E-state index contributed by atoms with van der Waals surface area (Å²) < 4.78 is 7.12. The Hall–Kier alpha value is -2.24. The van der Waals surface area contributed by atoms with Gasteiger partial charge in [0.2, 0.25) is 0 Å². The zero-order chi connectivity index (χ0) is 17.5. The summed E-state index contributed by atoms with van der Waals surface area (Å²) >= 11 is 0. The van der Waals surface area contributed by atoms with E-state index in [1.807, 2.05) is 32.9 Å². The van der Waals surface area contributed by atoms with Gasteiger partial charge in [0, 0.05) is 20.1 Å². The molecule has 1 aliphatic rings. The molecule has 1 aromatic heterocycles. The summed E-state index contributed by atoms with van der Waals surface area (Å²) in [6, 6.07) is 5.99. The molecule has 0 bridgehead atoms. The number of H-pyrrole nitrogens is 1. The Balaban J connectivity index is 1.76. The number of imidazole rings is 1. The Bertz CT molecular complexity index is 805. The van der Waals surface area contributed by atoms with Crippen molar-refractivity contribution in [2.75, 3.05) is 13.1 Å². The molecule has 2 aromatic rings. The van der Waals surface area contributed by atoms with E-state index in [2.05, 4.69) is 11.1 Å². The number of amides is 1. The highest BCUT2D eigenvalue weighted by atomic mass is 16.6. The quantitative estimate of drug-likeness (QED) is 0.873. The number of aromatic nitrogens is 2. The molecule has 130 valence electrons. The van der Waals surface area contributed by atoms with Gasteiger partial charge in [-0.15, -0.1) is 0 Å². The molecule has 6 heteroatoms. The molecule has 24 heavy (non-hydrogen) atoms. The number of carbonyl (C=O) groups is 1. The van der Waals surface area contributed by atoms with Crippen LogP contribution in [0.4, 0.5) is 4.79 Å². The maximum atomic E-state index is 12.2. The van der Waals surface area contributed by atoms with E-state index in [0.29, 0.717) is 19.0 Å². The topological polar surface area (TPSA) is 67.3 Å². The van der Waals surface area contributed by atoms with E-state index in [4.69, 9.17) is 4.74 Å². The second-order valence-corrected chi connectivity index (χ2v) is 7.47. The molecule has 1 N–H and O–H groups in total. The van der Waals surface area contributed by atoms with E-state index in [0.717, 1.165) is 23.9 Å². The van der Waals surface area contributed by atoms with Gasteiger partial charge in [-0.05, 0) is 51.2 Å². The number of ether oxygens (including phenoxy) is 1. The van der Waals surface area contributed by atoms with Crippen molar-refractivity contribution in [1.29, 1.82) is 0 Å². The van der Waals surface area contributed by atoms with Gasteiger partial charge >= 0.3 is 11.8 Å². The molecule has 1 aromatic carbocycles. The third-order valence-corrected chi connectivity index (χ3v) is 4.54. The summed E-state index contributed by atoms with van der Waals surface area (Å²) in [4.78, 5) is 28.7. The fourth-order valence-corrected chi connectivity index (χ4v) is 3.37. The molecule has 0 unspecified atom stereocenters. The van der Waals surface area contributed by atoms with E-state index in [1.54, 1.807) is 16.5 Å². The summed E-state index contributed by atoms with van der Waals surface area (Å²) in [6.07, 6.45) is 1.50. The van der Waals surface area contributed by atoms with Gasteiger partial charge in [-0.3, -0.25) is 4.57 Å². The van der Waals surface area contributed by atoms with Gasteiger partial charge in [-0.2, -0.15) is 0 Å². The number of benzene rings is 1. The van der Waals surface area contributed by atoms with Crippen LogP contribution in [0.5, 0.6) is 0 Å². The first-order valence-corrected chi connectivity index (χ1v) is 8.42. The largest absolute Gasteiger partial charge is 0.444 e. The first-order chi connectivity index (χ1) is 11.3. The van der Waals surface area contributed by atoms with Gasteiger partial charge in [0.05, 0.1) is 11.0 Å². The highest BCUT2D eigenvalue weighted by molar-refractivity contribution is 5.79. The molecule has 0 spiro atoms. The van der Waals surface area contributed by atoms with Crippen molar-refractivity contribution < 1.29 is 9.53 Å². The smallest absolute Gasteiger partial charge is 0.410 e. The summed E-state index contributed by atoms with van der Waals surface area (Å²) in [6.45, 7) is 6.99. The number of rotatable bonds is 1. The van der Waals surface area contributed by atoms with E-state index >= 15 is 0 Å². The van der Waals surface area contributed by atoms with Crippen molar-refractivity contribution >= 4 is 17.1 Å². The Labute approximate surface area is 141 Å². The van der Waals surface area contributed by atoms with Crippen LogP contribution in [0.2, 0.25) is 0 Å². The minimum Gasteiger partial charge on any atom is -0.444 e. The summed E-state index contributed by atoms with van der Waals surface area (Å²) in [5, 5.41) is 0. The summed E-state index contributed by atoms with van der Waals surface area (Å²) in [5.41, 5.74) is 2.46. The van der Waals surface area contributed by atoms with Crippen LogP contribution in [0.25, 0.3) is 11.0 Å². The van der Waals surface area contributed by atoms with Crippen molar-refractivity contribution in [3.63, 3.8) is 0 Å². The van der Waals surface area contributed by atoms with Crippen molar-refractivity contribution in [3.05, 3.63) is 34.2 Å². The van der Waals surface area contributed by atoms with Gasteiger partial charge in [0.1, 0.15) is 5.60 Å². The first kappa shape index (κ1) is 16.6. The summed E-state index contributed by atoms with van der Waals surface area (Å²) in [5.74, 6) is 0.341. The maximum Gasteiger partial charge on any atom is 0.410 e. The fourth-order valence-electron chi connectivity index (χ4n) is 3.37. The van der Waals surface area contributed by atoms with Gasteiger partial charge in [0.25, 0.3) is 0 Å². The average molecular weight is 331 g/mol. The number of piperidine rings is 1. The van der Waals surface area contributed by atoms with E-state index in [1.165, 1.54) is 5.56 Å². The highest BCUT2D eigenvalue weighted by Crippen LogP contribution is 2.32. The van der Waals surface area contributed by atoms with Crippen LogP contribution in [0, 0.1) is 0 Å². The van der Waals surface area contributed by atoms with Crippen molar-refractivity contribution in [2.45, 2.75) is 45.1 Å². The third-order valence-electron chi connectivity index (χ3n) is 4.54. The minimum absolute atomic E-state index is 0.0939. The predicted molar refractivity (Wildman–Crippen MR) is 93.3 cm³/mol. The number of nitrogens with one attached hydrogen (secondary N) is 1. The molecule has 1 saturated heterocycles. The maximum absolute atomic E-state index is 12.2. The van der Waals surface area contributed by atoms with Crippen LogP contribution in [0.3, 0.4) is 0 Å². The molecule has 0 saturated carbocycles. The molecule has 0 atom stereocenters. The minimum atomic E-state index is -0.469. The van der Waals surface area contributed by atoms with Gasteiger partial charge in [-0.1, -0.05) is 12.1 Å². The van der Waals surface area contributed by atoms with E-state index in [-0.39, 0.29) is 11.8 Å². The standard InChI is InChI=1S/C18H25N3O3/c1-18(2,3)24-17(23)21-10-8-12(9-11-21)13-6-5-7-14-15(13)20(4)16(22)19-14/h5-7,12H,8-11H2,1-4H3,(H,19,22). The lowest BCUT2D eigenvalue weighted by Crippen LogP contribution is -2.41. The summed E-state index contributed by atoms with van der Waals surface area (Å²) in [7, 11) is 1.79. The zero-order valence-corrected chi connectivity index (χ0v) is 14.8. The van der Waals surface area contributed by atoms with Crippen LogP contribution < -0.4 is 5.69 Å². The lowest BCUT2D eigenvalue weighted by atomic mass is 9.88. The molecule has 3 rings (SSSR count). The molecular formula is C18H25N3O3. The number of carbonyl (C=O) groups excluding carboxylic acids is 1. The monoisotopic (exact) mass is 331 g/mol. The molecule has 0 aliphatic carbocycles. The van der Waals surface area contributed by atoms with Gasteiger partial charge in [0.15, 0.2) is 0 Å². The normalized spacial score (nSPS) is 16.6. The lowest BCUT2D eigenvalue weighted by Gasteiger charge is -2.33. The number of fused-ring (bicyclic) bond motifs is 1. The number of likely N-dealkylation sites (tertiary alicyclic amines) is 1. The molecular weight excluding hydrogens is 306 g/mol. The Morgan fingerprint density at radius 1 is 1.25 bits per heavy atom. The van der Waals surface area contributed by atoms with E-state index < -0.39 is 5.60 Å². The Morgan fingerprint density at radius 3 is 2.54 bits per heavy atom. The van der Waals surface area contributed by atoms with Crippen molar-refractivity contribution in [2.24, 2.45) is 7.05 Å². The molecule has 0 radical (unpaired) electrons. The number of para-hydroxylation sites is 1. The number of nitrogens with zero attached hydrogens (tertiary/aromatic N) is 2. The first-order valence-electron chi connectivity index (χ1n) is 8.42. The van der Waals surface area contributed by atoms with Crippen LogP contribution in [0.15, 0.2) is 23.0 Å². The van der Waals surface area contributed by atoms with Crippen LogP contribution >= 0.6 is 0 Å². The molecule has 1 aliphatic heterocycles. The second kappa shape index (κ2) is 6.00.